The minimum atomic E-state index is -0.0160. The first kappa shape index (κ1) is 16.4. The van der Waals surface area contributed by atoms with E-state index in [2.05, 4.69) is 39.0 Å². The first-order chi connectivity index (χ1) is 11.1. The molecular formula is C17H16IN3OS. The number of hydrogen-bond acceptors (Lipinski definition) is 4. The van der Waals surface area contributed by atoms with E-state index >= 15 is 0 Å². The lowest BCUT2D eigenvalue weighted by molar-refractivity contribution is -0.117. The largest absolute Gasteiger partial charge is 0.324 e. The van der Waals surface area contributed by atoms with Crippen LogP contribution in [0.3, 0.4) is 0 Å². The number of anilines is 1. The molecule has 23 heavy (non-hydrogen) atoms. The Kier molecular flexibility index (Phi) is 5.24. The van der Waals surface area contributed by atoms with Gasteiger partial charge in [0.05, 0.1) is 29.0 Å². The number of carbonyl (C=O) groups is 1. The lowest BCUT2D eigenvalue weighted by Crippen LogP contribution is -2.30. The molecule has 0 aliphatic heterocycles. The first-order valence-corrected chi connectivity index (χ1v) is 9.09. The molecule has 3 aromatic rings. The van der Waals surface area contributed by atoms with Gasteiger partial charge in [-0.05, 0) is 53.9 Å². The number of likely N-dealkylation sites (N-methyl/N-ethyl adjacent to an activating group) is 1. The van der Waals surface area contributed by atoms with E-state index in [4.69, 9.17) is 0 Å². The van der Waals surface area contributed by atoms with Crippen molar-refractivity contribution in [3.05, 3.63) is 57.1 Å². The van der Waals surface area contributed by atoms with Crippen LogP contribution in [0.4, 0.5) is 5.69 Å². The summed E-state index contributed by atoms with van der Waals surface area (Å²) in [7, 11) is 1.93. The van der Waals surface area contributed by atoms with Gasteiger partial charge < -0.3 is 5.32 Å². The normalized spacial score (nSPS) is 11.1. The van der Waals surface area contributed by atoms with E-state index in [1.54, 1.807) is 11.3 Å². The number of hydrogen-bond donors (Lipinski definition) is 1. The number of nitrogens with one attached hydrogen (secondary N) is 1. The van der Waals surface area contributed by atoms with Crippen LogP contribution >= 0.6 is 33.9 Å². The minimum Gasteiger partial charge on any atom is -0.324 e. The number of amides is 1. The predicted molar refractivity (Wildman–Crippen MR) is 104 cm³/mol. The van der Waals surface area contributed by atoms with E-state index in [1.165, 1.54) is 4.70 Å². The Morgan fingerprint density at radius 1 is 1.22 bits per heavy atom. The van der Waals surface area contributed by atoms with Crippen molar-refractivity contribution in [2.45, 2.75) is 6.54 Å². The molecule has 0 saturated heterocycles. The molecule has 2 aromatic carbocycles. The average Bonchev–Trinajstić information content (AvgIpc) is 2.91. The average molecular weight is 437 g/mol. The summed E-state index contributed by atoms with van der Waals surface area (Å²) in [6.45, 7) is 1.000. The number of carbonyl (C=O) groups excluding carboxylic acids is 1. The van der Waals surface area contributed by atoms with Crippen molar-refractivity contribution in [1.82, 2.24) is 9.88 Å². The summed E-state index contributed by atoms with van der Waals surface area (Å²) in [6, 6.07) is 15.8. The van der Waals surface area contributed by atoms with Crippen LogP contribution in [0.5, 0.6) is 0 Å². The van der Waals surface area contributed by atoms with Gasteiger partial charge in [-0.2, -0.15) is 0 Å². The molecule has 0 aliphatic carbocycles. The lowest BCUT2D eigenvalue weighted by atomic mass is 10.3. The molecular weight excluding hydrogens is 421 g/mol. The molecule has 1 N–H and O–H groups in total. The molecule has 118 valence electrons. The van der Waals surface area contributed by atoms with Gasteiger partial charge in [-0.15, -0.1) is 11.3 Å². The summed E-state index contributed by atoms with van der Waals surface area (Å²) in [5, 5.41) is 3.97. The fraction of sp³-hybridized carbons (Fsp3) is 0.176. The fourth-order valence-electron chi connectivity index (χ4n) is 2.27. The van der Waals surface area contributed by atoms with Crippen molar-refractivity contribution in [3.63, 3.8) is 0 Å². The summed E-state index contributed by atoms with van der Waals surface area (Å²) in [4.78, 5) is 18.7. The second-order valence-electron chi connectivity index (χ2n) is 5.28. The highest BCUT2D eigenvalue weighted by Gasteiger charge is 2.11. The van der Waals surface area contributed by atoms with Crippen LogP contribution in [0.1, 0.15) is 5.01 Å². The smallest absolute Gasteiger partial charge is 0.238 e. The molecule has 1 amide bonds. The van der Waals surface area contributed by atoms with E-state index in [0.29, 0.717) is 13.1 Å². The fourth-order valence-corrected chi connectivity index (χ4v) is 3.84. The zero-order valence-corrected chi connectivity index (χ0v) is 15.6. The van der Waals surface area contributed by atoms with Gasteiger partial charge in [0, 0.05) is 3.57 Å². The Labute approximate surface area is 152 Å². The van der Waals surface area contributed by atoms with Crippen molar-refractivity contribution >= 4 is 55.7 Å². The van der Waals surface area contributed by atoms with Crippen LogP contribution in [-0.4, -0.2) is 29.4 Å². The number of rotatable bonds is 5. The van der Waals surface area contributed by atoms with E-state index in [0.717, 1.165) is 19.8 Å². The van der Waals surface area contributed by atoms with E-state index in [1.807, 2.05) is 54.4 Å². The van der Waals surface area contributed by atoms with Crippen LogP contribution in [0.2, 0.25) is 0 Å². The number of halogens is 1. The number of benzene rings is 2. The molecule has 0 unspecified atom stereocenters. The Balaban J connectivity index is 1.59. The number of nitrogens with zero attached hydrogens (tertiary/aromatic N) is 2. The second kappa shape index (κ2) is 7.37. The molecule has 0 radical (unpaired) electrons. The van der Waals surface area contributed by atoms with Crippen LogP contribution in [0.15, 0.2) is 48.5 Å². The van der Waals surface area contributed by atoms with Gasteiger partial charge in [-0.3, -0.25) is 9.69 Å². The predicted octanol–water partition coefficient (Wildman–Crippen LogP) is 3.97. The standard InChI is InChI=1S/C17H16IN3OS/c1-21(10-16(22)19-13-7-3-2-6-12(13)18)11-17-20-14-8-4-5-9-15(14)23-17/h2-9H,10-11H2,1H3,(H,19,22). The lowest BCUT2D eigenvalue weighted by Gasteiger charge is -2.15. The van der Waals surface area contributed by atoms with Crippen LogP contribution in [0, 0.1) is 3.57 Å². The summed E-state index contributed by atoms with van der Waals surface area (Å²) < 4.78 is 2.21. The number of aromatic nitrogens is 1. The quantitative estimate of drug-likeness (QED) is 0.615. The maximum absolute atomic E-state index is 12.2. The van der Waals surface area contributed by atoms with Crippen LogP contribution < -0.4 is 5.32 Å². The molecule has 0 bridgehead atoms. The summed E-state index contributed by atoms with van der Waals surface area (Å²) in [5.74, 6) is -0.0160. The summed E-state index contributed by atoms with van der Waals surface area (Å²) in [6.07, 6.45) is 0. The minimum absolute atomic E-state index is 0.0160. The molecule has 1 heterocycles. The highest BCUT2D eigenvalue weighted by molar-refractivity contribution is 14.1. The molecule has 0 saturated carbocycles. The van der Waals surface area contributed by atoms with Crippen molar-refractivity contribution in [2.24, 2.45) is 0 Å². The number of para-hydroxylation sites is 2. The maximum Gasteiger partial charge on any atom is 0.238 e. The summed E-state index contributed by atoms with van der Waals surface area (Å²) >= 11 is 3.89. The Morgan fingerprint density at radius 3 is 2.74 bits per heavy atom. The van der Waals surface area contributed by atoms with E-state index in [-0.39, 0.29) is 5.91 Å². The highest BCUT2D eigenvalue weighted by Crippen LogP contribution is 2.22. The SMILES string of the molecule is CN(CC(=O)Nc1ccccc1I)Cc1nc2ccccc2s1. The van der Waals surface area contributed by atoms with Crippen molar-refractivity contribution < 1.29 is 4.79 Å². The Bertz CT molecular complexity index is 800. The zero-order chi connectivity index (χ0) is 16.2. The van der Waals surface area contributed by atoms with E-state index < -0.39 is 0 Å². The third-order valence-corrected chi connectivity index (χ3v) is 5.27. The number of thiazole rings is 1. The molecule has 0 spiro atoms. The van der Waals surface area contributed by atoms with Gasteiger partial charge in [-0.25, -0.2) is 4.98 Å². The van der Waals surface area contributed by atoms with Gasteiger partial charge in [0.2, 0.25) is 5.91 Å². The second-order valence-corrected chi connectivity index (χ2v) is 7.55. The monoisotopic (exact) mass is 437 g/mol. The van der Waals surface area contributed by atoms with Crippen molar-refractivity contribution in [3.8, 4) is 0 Å². The molecule has 0 aliphatic rings. The van der Waals surface area contributed by atoms with Crippen LogP contribution in [-0.2, 0) is 11.3 Å². The van der Waals surface area contributed by atoms with Gasteiger partial charge >= 0.3 is 0 Å². The molecule has 1 aromatic heterocycles. The topological polar surface area (TPSA) is 45.2 Å². The van der Waals surface area contributed by atoms with Crippen LogP contribution in [0.25, 0.3) is 10.2 Å². The van der Waals surface area contributed by atoms with Crippen molar-refractivity contribution in [2.75, 3.05) is 18.9 Å². The van der Waals surface area contributed by atoms with Gasteiger partial charge in [0.1, 0.15) is 5.01 Å². The Morgan fingerprint density at radius 2 is 1.96 bits per heavy atom. The van der Waals surface area contributed by atoms with E-state index in [9.17, 15) is 4.79 Å². The number of fused-ring (bicyclic) bond motifs is 1. The molecule has 3 rings (SSSR count). The van der Waals surface area contributed by atoms with Gasteiger partial charge in [0.25, 0.3) is 0 Å². The molecule has 0 atom stereocenters. The third kappa shape index (κ3) is 4.27. The zero-order valence-electron chi connectivity index (χ0n) is 12.6. The van der Waals surface area contributed by atoms with Gasteiger partial charge in [-0.1, -0.05) is 24.3 Å². The molecule has 4 nitrogen and oxygen atoms in total. The summed E-state index contributed by atoms with van der Waals surface area (Å²) in [5.41, 5.74) is 1.87. The Hall–Kier alpha value is -1.51. The van der Waals surface area contributed by atoms with Crippen molar-refractivity contribution in [1.29, 1.82) is 0 Å². The molecule has 6 heteroatoms. The third-order valence-electron chi connectivity index (χ3n) is 3.30. The van der Waals surface area contributed by atoms with Gasteiger partial charge in [0.15, 0.2) is 0 Å². The highest BCUT2D eigenvalue weighted by atomic mass is 127. The molecule has 0 fully saturated rings. The first-order valence-electron chi connectivity index (χ1n) is 7.19. The maximum atomic E-state index is 12.2.